The zero-order valence-corrected chi connectivity index (χ0v) is 22.7. The van der Waals surface area contributed by atoms with Crippen molar-refractivity contribution >= 4 is 64.0 Å². The molecule has 13 nitrogen and oxygen atoms in total. The molecule has 4 N–H and O–H groups in total. The molecule has 0 bridgehead atoms. The Balaban J connectivity index is 2.57. The molecule has 0 aliphatic heterocycles. The molecule has 2 aromatic carbocycles. The summed E-state index contributed by atoms with van der Waals surface area (Å²) in [4.78, 5) is -1.36. The molecule has 36 heavy (non-hydrogen) atoms. The monoisotopic (exact) mass is 583 g/mol. The number of sulfonamides is 1. The minimum atomic E-state index is -4.85. The lowest BCUT2D eigenvalue weighted by molar-refractivity contribution is 0.480. The van der Waals surface area contributed by atoms with E-state index < -0.39 is 55.5 Å². The molecule has 0 radical (unpaired) electrons. The fourth-order valence-corrected chi connectivity index (χ4v) is 5.34. The second-order valence-corrected chi connectivity index (χ2v) is 14.8. The smallest absolute Gasteiger partial charge is 0.283 e. The van der Waals surface area contributed by atoms with Crippen molar-refractivity contribution in [2.45, 2.75) is 28.9 Å². The third-order valence-electron chi connectivity index (χ3n) is 4.63. The zero-order valence-electron chi connectivity index (χ0n) is 19.4. The van der Waals surface area contributed by atoms with Crippen LogP contribution in [0, 0.1) is 0 Å². The third kappa shape index (κ3) is 7.48. The number of rotatable bonds is 10. The van der Waals surface area contributed by atoms with E-state index in [0.29, 0.717) is 0 Å². The number of nitrogens with one attached hydrogen (secondary N) is 2. The van der Waals surface area contributed by atoms with Crippen LogP contribution in [-0.4, -0.2) is 66.4 Å². The lowest BCUT2D eigenvalue weighted by Gasteiger charge is -2.14. The van der Waals surface area contributed by atoms with Crippen LogP contribution >= 0.6 is 0 Å². The zero-order chi connectivity index (χ0) is 27.7. The highest BCUT2D eigenvalue weighted by Crippen LogP contribution is 2.27. The first-order valence-electron chi connectivity index (χ1n) is 9.87. The van der Waals surface area contributed by atoms with Crippen LogP contribution in [0.1, 0.15) is 25.0 Å². The fraction of sp³-hybridized carbons (Fsp3) is 0.263. The predicted molar refractivity (Wildman–Crippen MR) is 135 cm³/mol. The van der Waals surface area contributed by atoms with Gasteiger partial charge in [-0.05, 0) is 49.2 Å². The lowest BCUT2D eigenvalue weighted by atomic mass is 10.1. The van der Waals surface area contributed by atoms with Gasteiger partial charge in [-0.2, -0.15) is 29.6 Å². The Labute approximate surface area is 210 Å². The lowest BCUT2D eigenvalue weighted by Crippen LogP contribution is -2.29. The van der Waals surface area contributed by atoms with Crippen LogP contribution in [0.3, 0.4) is 0 Å². The molecule has 2 aromatic rings. The topological polar surface area (TPSA) is 204 Å². The number of hydrogen-bond acceptors (Lipinski definition) is 8. The molecule has 0 fully saturated rings. The Morgan fingerprint density at radius 3 is 1.44 bits per heavy atom. The maximum atomic E-state index is 12.1. The van der Waals surface area contributed by atoms with Gasteiger partial charge in [-0.25, -0.2) is 8.42 Å². The number of anilines is 2. The molecule has 0 saturated carbocycles. The van der Waals surface area contributed by atoms with E-state index in [1.54, 1.807) is 0 Å². The van der Waals surface area contributed by atoms with Gasteiger partial charge < -0.3 is 0 Å². The van der Waals surface area contributed by atoms with Gasteiger partial charge in [-0.3, -0.25) is 18.5 Å². The molecular weight excluding hydrogens is 558 g/mol. The summed E-state index contributed by atoms with van der Waals surface area (Å²) >= 11 is 0. The number of nitrogens with zero attached hydrogens (tertiary/aromatic N) is 1. The average Bonchev–Trinajstić information content (AvgIpc) is 2.71. The van der Waals surface area contributed by atoms with E-state index in [-0.39, 0.29) is 22.5 Å². The molecule has 0 aromatic heterocycles. The first kappa shape index (κ1) is 29.7. The Morgan fingerprint density at radius 1 is 0.722 bits per heavy atom. The van der Waals surface area contributed by atoms with Gasteiger partial charge in [0.25, 0.3) is 20.2 Å². The number of hydrogen-bond donors (Lipinski definition) is 4. The molecule has 0 amide bonds. The largest absolute Gasteiger partial charge is 0.301 e. The quantitative estimate of drug-likeness (QED) is 0.235. The average molecular weight is 584 g/mol. The van der Waals surface area contributed by atoms with Crippen LogP contribution in [0.25, 0.3) is 12.2 Å². The van der Waals surface area contributed by atoms with Gasteiger partial charge in [0, 0.05) is 19.8 Å². The second-order valence-electron chi connectivity index (χ2n) is 7.87. The van der Waals surface area contributed by atoms with E-state index in [1.807, 2.05) is 0 Å². The molecule has 0 aliphatic carbocycles. The van der Waals surface area contributed by atoms with Crippen LogP contribution in [0.5, 0.6) is 0 Å². The third-order valence-corrected chi connectivity index (χ3v) is 9.67. The van der Waals surface area contributed by atoms with Crippen molar-refractivity contribution in [2.75, 3.05) is 23.5 Å². The second kappa shape index (κ2) is 10.4. The summed E-state index contributed by atoms with van der Waals surface area (Å²) < 4.78 is 120. The summed E-state index contributed by atoms with van der Waals surface area (Å²) in [5.74, 6) is 0. The van der Waals surface area contributed by atoms with E-state index in [2.05, 4.69) is 9.44 Å². The van der Waals surface area contributed by atoms with Crippen molar-refractivity contribution in [1.82, 2.24) is 4.31 Å². The highest BCUT2D eigenvalue weighted by molar-refractivity contribution is 7.93. The normalized spacial score (nSPS) is 13.4. The van der Waals surface area contributed by atoms with E-state index in [9.17, 15) is 42.8 Å². The highest BCUT2D eigenvalue weighted by Gasteiger charge is 2.21. The molecule has 0 atom stereocenters. The van der Waals surface area contributed by atoms with Gasteiger partial charge >= 0.3 is 10.2 Å². The Kier molecular flexibility index (Phi) is 8.61. The first-order valence-corrected chi connectivity index (χ1v) is 15.7. The van der Waals surface area contributed by atoms with Crippen molar-refractivity contribution in [1.29, 1.82) is 0 Å². The standard InChI is InChI=1S/C19H25N3O10S4/c1-13(2)33(23,24)20-16-9-7-14(18(11-16)34(25,26)27)5-6-15-8-10-17(12-19(15)35(28,29)30)21-36(31,32)22(3)4/h5-13,20-21H,1-4H3,(H,25,26,27)(H,28,29,30)/b6-5+. The maximum absolute atomic E-state index is 12.1. The molecule has 2 rings (SSSR count). The Hall–Kier alpha value is -2.54. The van der Waals surface area contributed by atoms with E-state index in [4.69, 9.17) is 0 Å². The molecule has 17 heteroatoms. The summed E-state index contributed by atoms with van der Waals surface area (Å²) in [7, 11) is -15.0. The molecule has 0 heterocycles. The summed E-state index contributed by atoms with van der Waals surface area (Å²) in [6, 6.07) is 6.52. The van der Waals surface area contributed by atoms with Gasteiger partial charge in [0.1, 0.15) is 9.79 Å². The molecular formula is C19H25N3O10S4. The maximum Gasteiger partial charge on any atom is 0.301 e. The van der Waals surface area contributed by atoms with Gasteiger partial charge in [0.2, 0.25) is 10.0 Å². The molecule has 0 aliphatic rings. The van der Waals surface area contributed by atoms with Crippen molar-refractivity contribution in [3.63, 3.8) is 0 Å². The Bertz CT molecular complexity index is 1490. The van der Waals surface area contributed by atoms with Gasteiger partial charge in [0.15, 0.2) is 0 Å². The molecule has 0 saturated heterocycles. The molecule has 0 unspecified atom stereocenters. The molecule has 0 spiro atoms. The summed E-state index contributed by atoms with van der Waals surface area (Å²) in [6.07, 6.45) is 2.22. The van der Waals surface area contributed by atoms with Crippen LogP contribution in [0.4, 0.5) is 11.4 Å². The van der Waals surface area contributed by atoms with Gasteiger partial charge in [-0.15, -0.1) is 0 Å². The molecule has 200 valence electrons. The van der Waals surface area contributed by atoms with E-state index >= 15 is 0 Å². The number of benzene rings is 2. The van der Waals surface area contributed by atoms with Gasteiger partial charge in [-0.1, -0.05) is 24.3 Å². The van der Waals surface area contributed by atoms with Crippen molar-refractivity contribution in [2.24, 2.45) is 0 Å². The Morgan fingerprint density at radius 2 is 1.11 bits per heavy atom. The van der Waals surface area contributed by atoms with E-state index in [0.717, 1.165) is 34.7 Å². The van der Waals surface area contributed by atoms with Crippen LogP contribution in [0.2, 0.25) is 0 Å². The summed E-state index contributed by atoms with van der Waals surface area (Å²) in [6.45, 7) is 2.82. The van der Waals surface area contributed by atoms with Gasteiger partial charge in [0.05, 0.1) is 10.9 Å². The van der Waals surface area contributed by atoms with Crippen LogP contribution < -0.4 is 9.44 Å². The van der Waals surface area contributed by atoms with Crippen molar-refractivity contribution in [3.05, 3.63) is 47.5 Å². The first-order chi connectivity index (χ1) is 16.2. The highest BCUT2D eigenvalue weighted by atomic mass is 32.2. The minimum Gasteiger partial charge on any atom is -0.283 e. The fourth-order valence-electron chi connectivity index (χ4n) is 2.62. The van der Waals surface area contributed by atoms with Crippen molar-refractivity contribution < 1.29 is 42.8 Å². The summed E-state index contributed by atoms with van der Waals surface area (Å²) in [5.41, 5.74) is -0.585. The summed E-state index contributed by atoms with van der Waals surface area (Å²) in [5, 5.41) is -0.824. The van der Waals surface area contributed by atoms with Crippen LogP contribution in [-0.2, 0) is 40.5 Å². The SMILES string of the molecule is CC(C)S(=O)(=O)Nc1ccc(/C=C/c2ccc(NS(=O)(=O)N(C)C)cc2S(=O)(=O)O)c(S(=O)(=O)O)c1. The van der Waals surface area contributed by atoms with Crippen LogP contribution in [0.15, 0.2) is 46.2 Å². The van der Waals surface area contributed by atoms with E-state index in [1.165, 1.54) is 46.1 Å². The van der Waals surface area contributed by atoms with Crippen molar-refractivity contribution in [3.8, 4) is 0 Å². The predicted octanol–water partition coefficient (Wildman–Crippen LogP) is 1.72. The minimum absolute atomic E-state index is 0.135.